The van der Waals surface area contributed by atoms with Gasteiger partial charge >= 0.3 is 5.97 Å². The first kappa shape index (κ1) is 13.4. The molecule has 1 N–H and O–H groups in total. The monoisotopic (exact) mass is 202 g/mol. The smallest absolute Gasteiger partial charge is 0.311 e. The Morgan fingerprint density at radius 3 is 2.29 bits per heavy atom. The third kappa shape index (κ3) is 4.09. The lowest BCUT2D eigenvalue weighted by atomic mass is 9.88. The largest absolute Gasteiger partial charge is 0.466 e. The molecule has 0 aromatic rings. The average molecular weight is 202 g/mol. The molecule has 0 saturated heterocycles. The number of rotatable bonds is 6. The summed E-state index contributed by atoms with van der Waals surface area (Å²) in [5.74, 6) is -0.533. The Bertz CT molecular complexity index is 166. The van der Waals surface area contributed by atoms with Crippen LogP contribution in [-0.4, -0.2) is 23.8 Å². The molecule has 3 heteroatoms. The van der Waals surface area contributed by atoms with E-state index in [1.165, 1.54) is 0 Å². The molecule has 0 saturated carbocycles. The minimum atomic E-state index is -0.570. The van der Waals surface area contributed by atoms with Crippen LogP contribution in [0.3, 0.4) is 0 Å². The molecule has 0 bridgehead atoms. The van der Waals surface area contributed by atoms with E-state index < -0.39 is 6.10 Å². The summed E-state index contributed by atoms with van der Waals surface area (Å²) in [5.41, 5.74) is 0. The Morgan fingerprint density at radius 1 is 1.36 bits per heavy atom. The van der Waals surface area contributed by atoms with E-state index in [-0.39, 0.29) is 17.8 Å². The minimum absolute atomic E-state index is 0.121. The summed E-state index contributed by atoms with van der Waals surface area (Å²) >= 11 is 0. The number of aliphatic hydroxyl groups excluding tert-OH is 1. The van der Waals surface area contributed by atoms with Gasteiger partial charge in [-0.15, -0.1) is 0 Å². The van der Waals surface area contributed by atoms with Crippen LogP contribution in [0.2, 0.25) is 0 Å². The summed E-state index contributed by atoms with van der Waals surface area (Å²) in [6, 6.07) is 0. The first-order chi connectivity index (χ1) is 6.54. The second-order valence-electron chi connectivity index (χ2n) is 3.88. The van der Waals surface area contributed by atoms with Crippen LogP contribution in [0, 0.1) is 11.8 Å². The van der Waals surface area contributed by atoms with E-state index in [1.807, 2.05) is 20.8 Å². The van der Waals surface area contributed by atoms with Gasteiger partial charge in [0.05, 0.1) is 18.6 Å². The van der Waals surface area contributed by atoms with Crippen LogP contribution in [0.5, 0.6) is 0 Å². The molecule has 0 fully saturated rings. The van der Waals surface area contributed by atoms with Gasteiger partial charge < -0.3 is 9.84 Å². The fourth-order valence-electron chi connectivity index (χ4n) is 1.59. The van der Waals surface area contributed by atoms with Gasteiger partial charge in [-0.25, -0.2) is 0 Å². The van der Waals surface area contributed by atoms with Crippen molar-refractivity contribution >= 4 is 5.97 Å². The van der Waals surface area contributed by atoms with E-state index in [0.717, 1.165) is 6.42 Å². The normalized spacial score (nSPS) is 15.3. The van der Waals surface area contributed by atoms with Crippen LogP contribution in [0.15, 0.2) is 0 Å². The zero-order valence-corrected chi connectivity index (χ0v) is 9.62. The number of hydrogen-bond donors (Lipinski definition) is 1. The van der Waals surface area contributed by atoms with Crippen LogP contribution in [-0.2, 0) is 9.53 Å². The standard InChI is InChI=1S/C11H22O3/c1-5-7-9(12)10(8(3)4)11(13)14-6-2/h8-10,12H,5-7H2,1-4H3. The highest BCUT2D eigenvalue weighted by Gasteiger charge is 2.30. The molecular weight excluding hydrogens is 180 g/mol. The van der Waals surface area contributed by atoms with Gasteiger partial charge in [0.15, 0.2) is 0 Å². The quantitative estimate of drug-likeness (QED) is 0.670. The van der Waals surface area contributed by atoms with Crippen molar-refractivity contribution in [2.75, 3.05) is 6.61 Å². The van der Waals surface area contributed by atoms with Gasteiger partial charge in [0.2, 0.25) is 0 Å². The molecule has 0 rings (SSSR count). The Kier molecular flexibility index (Phi) is 6.54. The van der Waals surface area contributed by atoms with Crippen LogP contribution < -0.4 is 0 Å². The SMILES string of the molecule is CCCC(O)C(C(=O)OCC)C(C)C. The molecule has 0 aliphatic rings. The summed E-state index contributed by atoms with van der Waals surface area (Å²) in [6.45, 7) is 8.01. The Hall–Kier alpha value is -0.570. The van der Waals surface area contributed by atoms with Crippen LogP contribution in [0.1, 0.15) is 40.5 Å². The van der Waals surface area contributed by atoms with Gasteiger partial charge in [-0.2, -0.15) is 0 Å². The molecular formula is C11H22O3. The average Bonchev–Trinajstić information content (AvgIpc) is 2.04. The predicted octanol–water partition coefficient (Wildman–Crippen LogP) is 1.98. The van der Waals surface area contributed by atoms with Gasteiger partial charge in [-0.1, -0.05) is 27.2 Å². The summed E-state index contributed by atoms with van der Waals surface area (Å²) < 4.78 is 4.93. The Balaban J connectivity index is 4.34. The topological polar surface area (TPSA) is 46.5 Å². The van der Waals surface area contributed by atoms with Gasteiger partial charge in [0.1, 0.15) is 0 Å². The second-order valence-corrected chi connectivity index (χ2v) is 3.88. The van der Waals surface area contributed by atoms with E-state index in [4.69, 9.17) is 4.74 Å². The summed E-state index contributed by atoms with van der Waals surface area (Å²) in [6.07, 6.45) is 0.963. The third-order valence-corrected chi connectivity index (χ3v) is 2.28. The van der Waals surface area contributed by atoms with Crippen molar-refractivity contribution in [2.24, 2.45) is 11.8 Å². The number of carbonyl (C=O) groups excluding carboxylic acids is 1. The molecule has 0 aromatic carbocycles. The van der Waals surface area contributed by atoms with Crippen molar-refractivity contribution in [3.05, 3.63) is 0 Å². The fourth-order valence-corrected chi connectivity index (χ4v) is 1.59. The second kappa shape index (κ2) is 6.82. The lowest BCUT2D eigenvalue weighted by Crippen LogP contribution is -2.34. The predicted molar refractivity (Wildman–Crippen MR) is 55.9 cm³/mol. The molecule has 0 heterocycles. The maximum absolute atomic E-state index is 11.5. The van der Waals surface area contributed by atoms with Crippen molar-refractivity contribution in [3.63, 3.8) is 0 Å². The van der Waals surface area contributed by atoms with Gasteiger partial charge in [0, 0.05) is 0 Å². The van der Waals surface area contributed by atoms with E-state index in [1.54, 1.807) is 6.92 Å². The Labute approximate surface area is 86.5 Å². The third-order valence-electron chi connectivity index (χ3n) is 2.28. The molecule has 2 unspecified atom stereocenters. The fraction of sp³-hybridized carbons (Fsp3) is 0.909. The van der Waals surface area contributed by atoms with Crippen LogP contribution in [0.4, 0.5) is 0 Å². The summed E-state index contributed by atoms with van der Waals surface area (Å²) in [7, 11) is 0. The molecule has 3 nitrogen and oxygen atoms in total. The van der Waals surface area contributed by atoms with Crippen LogP contribution in [0.25, 0.3) is 0 Å². The van der Waals surface area contributed by atoms with Gasteiger partial charge in [-0.05, 0) is 19.3 Å². The Morgan fingerprint density at radius 2 is 1.93 bits per heavy atom. The van der Waals surface area contributed by atoms with Crippen molar-refractivity contribution in [2.45, 2.75) is 46.6 Å². The number of aliphatic hydroxyl groups is 1. The highest BCUT2D eigenvalue weighted by molar-refractivity contribution is 5.73. The highest BCUT2D eigenvalue weighted by Crippen LogP contribution is 2.20. The molecule has 0 aliphatic heterocycles. The molecule has 0 aliphatic carbocycles. The molecule has 84 valence electrons. The summed E-state index contributed by atoms with van der Waals surface area (Å²) in [4.78, 5) is 11.5. The zero-order valence-electron chi connectivity index (χ0n) is 9.62. The minimum Gasteiger partial charge on any atom is -0.466 e. The van der Waals surface area contributed by atoms with Gasteiger partial charge in [-0.3, -0.25) is 4.79 Å². The van der Waals surface area contributed by atoms with Crippen molar-refractivity contribution < 1.29 is 14.6 Å². The lowest BCUT2D eigenvalue weighted by molar-refractivity contribution is -0.154. The number of ether oxygens (including phenoxy) is 1. The number of esters is 1. The molecule has 2 atom stereocenters. The summed E-state index contributed by atoms with van der Waals surface area (Å²) in [5, 5.41) is 9.78. The van der Waals surface area contributed by atoms with Crippen molar-refractivity contribution in [1.82, 2.24) is 0 Å². The van der Waals surface area contributed by atoms with E-state index in [2.05, 4.69) is 0 Å². The van der Waals surface area contributed by atoms with Crippen molar-refractivity contribution in [1.29, 1.82) is 0 Å². The highest BCUT2D eigenvalue weighted by atomic mass is 16.5. The van der Waals surface area contributed by atoms with E-state index in [0.29, 0.717) is 13.0 Å². The first-order valence-electron chi connectivity index (χ1n) is 5.39. The molecule has 0 aromatic heterocycles. The molecule has 0 radical (unpaired) electrons. The lowest BCUT2D eigenvalue weighted by Gasteiger charge is -2.24. The zero-order chi connectivity index (χ0) is 11.1. The van der Waals surface area contributed by atoms with E-state index >= 15 is 0 Å². The molecule has 0 spiro atoms. The molecule has 14 heavy (non-hydrogen) atoms. The van der Waals surface area contributed by atoms with Crippen LogP contribution >= 0.6 is 0 Å². The molecule has 0 amide bonds. The number of carbonyl (C=O) groups is 1. The van der Waals surface area contributed by atoms with E-state index in [9.17, 15) is 9.90 Å². The maximum atomic E-state index is 11.5. The first-order valence-corrected chi connectivity index (χ1v) is 5.39. The maximum Gasteiger partial charge on any atom is 0.311 e. The van der Waals surface area contributed by atoms with Crippen molar-refractivity contribution in [3.8, 4) is 0 Å². The number of hydrogen-bond acceptors (Lipinski definition) is 3. The van der Waals surface area contributed by atoms with Gasteiger partial charge in [0.25, 0.3) is 0 Å².